The molecule has 0 spiro atoms. The minimum absolute atomic E-state index is 0.296. The number of rotatable bonds is 4. The lowest BCUT2D eigenvalue weighted by atomic mass is 10.2. The van der Waals surface area contributed by atoms with Crippen LogP contribution in [0.5, 0.6) is 0 Å². The van der Waals surface area contributed by atoms with Gasteiger partial charge in [-0.25, -0.2) is 9.18 Å². The monoisotopic (exact) mass is 228 g/mol. The smallest absolute Gasteiger partial charge is 0.338 e. The Morgan fingerprint density at radius 2 is 2.20 bits per heavy atom. The summed E-state index contributed by atoms with van der Waals surface area (Å²) >= 11 is 1.37. The third-order valence-corrected chi connectivity index (χ3v) is 2.65. The van der Waals surface area contributed by atoms with Crippen LogP contribution in [0.2, 0.25) is 0 Å². The fourth-order valence-electron chi connectivity index (χ4n) is 1.11. The van der Waals surface area contributed by atoms with Crippen LogP contribution in [-0.2, 0) is 4.74 Å². The summed E-state index contributed by atoms with van der Waals surface area (Å²) in [7, 11) is 0. The van der Waals surface area contributed by atoms with Gasteiger partial charge in [0.05, 0.1) is 12.2 Å². The number of halogens is 1. The number of hydrogen-bond acceptors (Lipinski definition) is 3. The first-order valence-corrected chi connectivity index (χ1v) is 5.77. The molecule has 1 rings (SSSR count). The van der Waals surface area contributed by atoms with E-state index in [1.165, 1.54) is 30.0 Å². The molecule has 2 nitrogen and oxygen atoms in total. The van der Waals surface area contributed by atoms with Crippen molar-refractivity contribution in [3.63, 3.8) is 0 Å². The van der Waals surface area contributed by atoms with Crippen LogP contribution in [-0.4, -0.2) is 18.3 Å². The average molecular weight is 228 g/mol. The molecule has 0 aromatic heterocycles. The molecule has 15 heavy (non-hydrogen) atoms. The number of ether oxygens (including phenoxy) is 1. The van der Waals surface area contributed by atoms with Gasteiger partial charge in [-0.2, -0.15) is 0 Å². The van der Waals surface area contributed by atoms with E-state index in [-0.39, 0.29) is 5.82 Å². The molecule has 0 N–H and O–H groups in total. The van der Waals surface area contributed by atoms with Crippen molar-refractivity contribution in [2.75, 3.05) is 12.4 Å². The molecule has 0 amide bonds. The molecule has 0 radical (unpaired) electrons. The lowest BCUT2D eigenvalue weighted by molar-refractivity contribution is 0.0526. The Hall–Kier alpha value is -1.03. The molecular formula is C11H13FO2S. The Balaban J connectivity index is 2.91. The Kier molecular flexibility index (Phi) is 4.62. The predicted molar refractivity (Wildman–Crippen MR) is 58.8 cm³/mol. The molecule has 0 aliphatic carbocycles. The zero-order valence-electron chi connectivity index (χ0n) is 8.75. The maximum absolute atomic E-state index is 13.2. The molecule has 1 aromatic rings. The zero-order valence-corrected chi connectivity index (χ0v) is 9.57. The van der Waals surface area contributed by atoms with Crippen LogP contribution >= 0.6 is 11.8 Å². The van der Waals surface area contributed by atoms with Gasteiger partial charge < -0.3 is 4.74 Å². The van der Waals surface area contributed by atoms with Gasteiger partial charge in [0.25, 0.3) is 0 Å². The molecule has 0 aliphatic rings. The van der Waals surface area contributed by atoms with E-state index in [1.54, 1.807) is 6.92 Å². The van der Waals surface area contributed by atoms with Crippen LogP contribution in [0.15, 0.2) is 23.1 Å². The van der Waals surface area contributed by atoms with Gasteiger partial charge in [-0.05, 0) is 30.9 Å². The van der Waals surface area contributed by atoms with Crippen molar-refractivity contribution < 1.29 is 13.9 Å². The molecule has 0 fully saturated rings. The fraction of sp³-hybridized carbons (Fsp3) is 0.364. The molecule has 0 bridgehead atoms. The number of esters is 1. The Morgan fingerprint density at radius 3 is 2.80 bits per heavy atom. The van der Waals surface area contributed by atoms with E-state index in [0.717, 1.165) is 5.75 Å². The predicted octanol–water partition coefficient (Wildman–Crippen LogP) is 3.11. The standard InChI is InChI=1S/C11H13FO2S/c1-3-14-11(13)8-5-6-9(12)10(7-8)15-4-2/h5-7H,3-4H2,1-2H3. The molecule has 0 saturated heterocycles. The van der Waals surface area contributed by atoms with Gasteiger partial charge in [-0.1, -0.05) is 6.92 Å². The number of thioether (sulfide) groups is 1. The van der Waals surface area contributed by atoms with Gasteiger partial charge >= 0.3 is 5.97 Å². The van der Waals surface area contributed by atoms with Gasteiger partial charge in [0.2, 0.25) is 0 Å². The molecule has 0 aliphatic heterocycles. The van der Waals surface area contributed by atoms with Crippen molar-refractivity contribution in [3.8, 4) is 0 Å². The summed E-state index contributed by atoms with van der Waals surface area (Å²) in [4.78, 5) is 11.8. The Morgan fingerprint density at radius 1 is 1.47 bits per heavy atom. The summed E-state index contributed by atoms with van der Waals surface area (Å²) in [6, 6.07) is 4.26. The van der Waals surface area contributed by atoms with Crippen molar-refractivity contribution in [3.05, 3.63) is 29.6 Å². The number of hydrogen-bond donors (Lipinski definition) is 0. The third-order valence-electron chi connectivity index (χ3n) is 1.74. The van der Waals surface area contributed by atoms with Crippen molar-refractivity contribution >= 4 is 17.7 Å². The van der Waals surface area contributed by atoms with Crippen LogP contribution in [0.3, 0.4) is 0 Å². The SMILES string of the molecule is CCOC(=O)c1ccc(F)c(SCC)c1. The Bertz CT molecular complexity index is 352. The van der Waals surface area contributed by atoms with E-state index in [4.69, 9.17) is 4.74 Å². The van der Waals surface area contributed by atoms with Gasteiger partial charge in [-0.3, -0.25) is 0 Å². The summed E-state index contributed by atoms with van der Waals surface area (Å²) in [6.07, 6.45) is 0. The normalized spacial score (nSPS) is 10.1. The van der Waals surface area contributed by atoms with Crippen LogP contribution < -0.4 is 0 Å². The quantitative estimate of drug-likeness (QED) is 0.585. The van der Waals surface area contributed by atoms with Gasteiger partial charge in [0.15, 0.2) is 0 Å². The summed E-state index contributed by atoms with van der Waals surface area (Å²) in [6.45, 7) is 4.00. The Labute approximate surface area is 92.8 Å². The topological polar surface area (TPSA) is 26.3 Å². The van der Waals surface area contributed by atoms with E-state index < -0.39 is 5.97 Å². The third kappa shape index (κ3) is 3.23. The first-order chi connectivity index (χ1) is 7.19. The first-order valence-electron chi connectivity index (χ1n) is 4.78. The van der Waals surface area contributed by atoms with Crippen molar-refractivity contribution in [1.29, 1.82) is 0 Å². The number of carbonyl (C=O) groups excluding carboxylic acids is 1. The van der Waals surface area contributed by atoms with E-state index in [2.05, 4.69) is 0 Å². The van der Waals surface area contributed by atoms with Crippen molar-refractivity contribution in [2.24, 2.45) is 0 Å². The molecular weight excluding hydrogens is 215 g/mol. The molecule has 1 aromatic carbocycles. The maximum Gasteiger partial charge on any atom is 0.338 e. The highest BCUT2D eigenvalue weighted by Gasteiger charge is 2.10. The van der Waals surface area contributed by atoms with E-state index >= 15 is 0 Å². The number of carbonyl (C=O) groups is 1. The molecule has 82 valence electrons. The average Bonchev–Trinajstić information content (AvgIpc) is 2.22. The van der Waals surface area contributed by atoms with E-state index in [1.807, 2.05) is 6.92 Å². The van der Waals surface area contributed by atoms with Crippen molar-refractivity contribution in [2.45, 2.75) is 18.7 Å². The summed E-state index contributed by atoms with van der Waals surface area (Å²) in [5.41, 5.74) is 0.397. The minimum atomic E-state index is -0.407. The largest absolute Gasteiger partial charge is 0.462 e. The highest BCUT2D eigenvalue weighted by atomic mass is 32.2. The second-order valence-electron chi connectivity index (χ2n) is 2.80. The van der Waals surface area contributed by atoms with Crippen LogP contribution in [0.4, 0.5) is 4.39 Å². The lowest BCUT2D eigenvalue weighted by Gasteiger charge is -2.05. The molecule has 0 heterocycles. The molecule has 0 saturated carbocycles. The highest BCUT2D eigenvalue weighted by Crippen LogP contribution is 2.22. The van der Waals surface area contributed by atoms with E-state index in [0.29, 0.717) is 17.1 Å². The zero-order chi connectivity index (χ0) is 11.3. The number of benzene rings is 1. The highest BCUT2D eigenvalue weighted by molar-refractivity contribution is 7.99. The first kappa shape index (κ1) is 12.0. The summed E-state index contributed by atoms with van der Waals surface area (Å²) in [5, 5.41) is 0. The van der Waals surface area contributed by atoms with E-state index in [9.17, 15) is 9.18 Å². The molecule has 4 heteroatoms. The fourth-order valence-corrected chi connectivity index (χ4v) is 1.84. The molecule has 0 atom stereocenters. The minimum Gasteiger partial charge on any atom is -0.462 e. The van der Waals surface area contributed by atoms with Gasteiger partial charge in [0.1, 0.15) is 5.82 Å². The van der Waals surface area contributed by atoms with Crippen molar-refractivity contribution in [1.82, 2.24) is 0 Å². The summed E-state index contributed by atoms with van der Waals surface area (Å²) in [5.74, 6) is 0.0637. The van der Waals surface area contributed by atoms with Crippen LogP contribution in [0.1, 0.15) is 24.2 Å². The lowest BCUT2D eigenvalue weighted by Crippen LogP contribution is -2.04. The van der Waals surface area contributed by atoms with Gasteiger partial charge in [-0.15, -0.1) is 11.8 Å². The van der Waals surface area contributed by atoms with Crippen LogP contribution in [0.25, 0.3) is 0 Å². The second-order valence-corrected chi connectivity index (χ2v) is 4.10. The second kappa shape index (κ2) is 5.75. The summed E-state index contributed by atoms with van der Waals surface area (Å²) < 4.78 is 18.1. The molecule has 0 unspecified atom stereocenters. The van der Waals surface area contributed by atoms with Crippen LogP contribution in [0, 0.1) is 5.82 Å². The van der Waals surface area contributed by atoms with Gasteiger partial charge in [0, 0.05) is 4.90 Å². The maximum atomic E-state index is 13.2.